The molecule has 142 valence electrons. The van der Waals surface area contributed by atoms with Crippen LogP contribution in [0, 0.1) is 10.1 Å². The van der Waals surface area contributed by atoms with Crippen molar-refractivity contribution >= 4 is 28.9 Å². The molecule has 2 aromatic rings. The average Bonchev–Trinajstić information content (AvgIpc) is 2.64. The van der Waals surface area contributed by atoms with Crippen molar-refractivity contribution in [1.29, 1.82) is 0 Å². The van der Waals surface area contributed by atoms with Crippen LogP contribution in [-0.2, 0) is 9.59 Å². The molecule has 27 heavy (non-hydrogen) atoms. The summed E-state index contributed by atoms with van der Waals surface area (Å²) in [4.78, 5) is 34.5. The van der Waals surface area contributed by atoms with Crippen LogP contribution in [0.4, 0.5) is 17.1 Å². The predicted molar refractivity (Wildman–Crippen MR) is 99.1 cm³/mol. The van der Waals surface area contributed by atoms with Gasteiger partial charge in [0.2, 0.25) is 0 Å². The third kappa shape index (κ3) is 5.18. The van der Waals surface area contributed by atoms with E-state index in [-0.39, 0.29) is 11.4 Å². The number of nitrogens with one attached hydrogen (secondary N) is 2. The normalized spacial score (nSPS) is 10.0. The summed E-state index contributed by atoms with van der Waals surface area (Å²) in [5.41, 5.74) is -0.0488. The Hall–Kier alpha value is -3.62. The Morgan fingerprint density at radius 3 is 2.26 bits per heavy atom. The highest BCUT2D eigenvalue weighted by atomic mass is 16.6. The van der Waals surface area contributed by atoms with E-state index in [9.17, 15) is 19.7 Å². The number of carbonyl (C=O) groups excluding carboxylic acids is 2. The molecular formula is C18H19N3O6. The molecule has 0 radical (unpaired) electrons. The summed E-state index contributed by atoms with van der Waals surface area (Å²) in [5.74, 6) is -1.06. The van der Waals surface area contributed by atoms with Crippen LogP contribution in [0.15, 0.2) is 42.5 Å². The molecule has 0 bridgehead atoms. The van der Waals surface area contributed by atoms with E-state index in [2.05, 4.69) is 10.6 Å². The number of amides is 2. The van der Waals surface area contributed by atoms with Crippen molar-refractivity contribution in [2.45, 2.75) is 13.8 Å². The lowest BCUT2D eigenvalue weighted by atomic mass is 10.2. The molecule has 0 fully saturated rings. The molecule has 0 saturated heterocycles. The predicted octanol–water partition coefficient (Wildman–Crippen LogP) is 2.97. The summed E-state index contributed by atoms with van der Waals surface area (Å²) < 4.78 is 10.9. The van der Waals surface area contributed by atoms with Crippen molar-refractivity contribution in [3.05, 3.63) is 52.6 Å². The molecule has 0 aliphatic rings. The Morgan fingerprint density at radius 1 is 0.963 bits per heavy atom. The molecule has 0 aliphatic heterocycles. The highest BCUT2D eigenvalue weighted by Crippen LogP contribution is 2.30. The number of para-hydroxylation sites is 2. The van der Waals surface area contributed by atoms with Gasteiger partial charge in [-0.1, -0.05) is 12.1 Å². The van der Waals surface area contributed by atoms with E-state index in [4.69, 9.17) is 9.47 Å². The number of anilines is 2. The summed E-state index contributed by atoms with van der Waals surface area (Å²) in [7, 11) is 0. The lowest BCUT2D eigenvalue weighted by Gasteiger charge is -2.13. The van der Waals surface area contributed by atoms with Crippen LogP contribution in [0.3, 0.4) is 0 Å². The number of nitro groups is 1. The Morgan fingerprint density at radius 2 is 1.59 bits per heavy atom. The topological polar surface area (TPSA) is 120 Å². The van der Waals surface area contributed by atoms with Gasteiger partial charge in [-0.05, 0) is 32.0 Å². The molecule has 2 N–H and O–H groups in total. The van der Waals surface area contributed by atoms with Crippen LogP contribution >= 0.6 is 0 Å². The first-order chi connectivity index (χ1) is 13.0. The van der Waals surface area contributed by atoms with E-state index in [1.807, 2.05) is 6.92 Å². The van der Waals surface area contributed by atoms with Crippen molar-refractivity contribution in [3.63, 3.8) is 0 Å². The minimum atomic E-state index is -1.03. The van der Waals surface area contributed by atoms with Gasteiger partial charge in [-0.3, -0.25) is 19.7 Å². The fourth-order valence-corrected chi connectivity index (χ4v) is 2.23. The standard InChI is InChI=1S/C18H19N3O6/c1-3-26-15-10-9-12(11-16(15)27-4-2)19-17(22)18(23)20-13-7-5-6-8-14(13)21(24)25/h5-11H,3-4H2,1-2H3,(H,19,22)(H,20,23). The lowest BCUT2D eigenvalue weighted by Crippen LogP contribution is -2.29. The molecule has 9 heteroatoms. The number of benzene rings is 2. The van der Waals surface area contributed by atoms with Crippen LogP contribution in [0.2, 0.25) is 0 Å². The van der Waals surface area contributed by atoms with Crippen LogP contribution in [0.5, 0.6) is 11.5 Å². The molecule has 0 heterocycles. The monoisotopic (exact) mass is 373 g/mol. The van der Waals surface area contributed by atoms with Gasteiger partial charge in [0.15, 0.2) is 11.5 Å². The Labute approximate surface area is 155 Å². The second kappa shape index (κ2) is 9.18. The SMILES string of the molecule is CCOc1ccc(NC(=O)C(=O)Nc2ccccc2[N+](=O)[O-])cc1OCC. The molecular weight excluding hydrogens is 354 g/mol. The first-order valence-electron chi connectivity index (χ1n) is 8.21. The summed E-state index contributed by atoms with van der Waals surface area (Å²) in [6.07, 6.45) is 0. The number of hydrogen-bond donors (Lipinski definition) is 2. The number of ether oxygens (including phenoxy) is 2. The van der Waals surface area contributed by atoms with Gasteiger partial charge in [0.25, 0.3) is 5.69 Å². The fourth-order valence-electron chi connectivity index (χ4n) is 2.23. The summed E-state index contributed by atoms with van der Waals surface area (Å²) >= 11 is 0. The molecule has 2 aromatic carbocycles. The van der Waals surface area contributed by atoms with Gasteiger partial charge in [-0.25, -0.2) is 0 Å². The smallest absolute Gasteiger partial charge is 0.314 e. The maximum atomic E-state index is 12.1. The zero-order chi connectivity index (χ0) is 19.8. The second-order valence-electron chi connectivity index (χ2n) is 5.21. The lowest BCUT2D eigenvalue weighted by molar-refractivity contribution is -0.383. The van der Waals surface area contributed by atoms with Gasteiger partial charge < -0.3 is 20.1 Å². The Kier molecular flexibility index (Phi) is 6.70. The van der Waals surface area contributed by atoms with Crippen molar-refractivity contribution in [3.8, 4) is 11.5 Å². The van der Waals surface area contributed by atoms with Crippen LogP contribution in [-0.4, -0.2) is 30.0 Å². The largest absolute Gasteiger partial charge is 0.490 e. The first-order valence-corrected chi connectivity index (χ1v) is 8.21. The van der Waals surface area contributed by atoms with Crippen molar-refractivity contribution < 1.29 is 24.0 Å². The maximum Gasteiger partial charge on any atom is 0.314 e. The number of hydrogen-bond acceptors (Lipinski definition) is 6. The minimum absolute atomic E-state index is 0.0654. The first kappa shape index (κ1) is 19.7. The highest BCUT2D eigenvalue weighted by molar-refractivity contribution is 6.43. The maximum absolute atomic E-state index is 12.1. The number of nitro benzene ring substituents is 1. The molecule has 2 amide bonds. The molecule has 9 nitrogen and oxygen atoms in total. The van der Waals surface area contributed by atoms with Crippen molar-refractivity contribution in [1.82, 2.24) is 0 Å². The van der Waals surface area contributed by atoms with Gasteiger partial charge in [-0.15, -0.1) is 0 Å². The van der Waals surface area contributed by atoms with Gasteiger partial charge >= 0.3 is 11.8 Å². The van der Waals surface area contributed by atoms with E-state index in [0.717, 1.165) is 0 Å². The summed E-state index contributed by atoms with van der Waals surface area (Å²) in [6.45, 7) is 4.49. The van der Waals surface area contributed by atoms with Crippen LogP contribution in [0.1, 0.15) is 13.8 Å². The zero-order valence-electron chi connectivity index (χ0n) is 14.9. The van der Waals surface area contributed by atoms with E-state index in [1.54, 1.807) is 19.1 Å². The third-order valence-corrected chi connectivity index (χ3v) is 3.36. The van der Waals surface area contributed by atoms with E-state index >= 15 is 0 Å². The zero-order valence-corrected chi connectivity index (χ0v) is 14.9. The van der Waals surface area contributed by atoms with Crippen LogP contribution in [0.25, 0.3) is 0 Å². The quantitative estimate of drug-likeness (QED) is 0.437. The number of carbonyl (C=O) groups is 2. The van der Waals surface area contributed by atoms with Gasteiger partial charge in [0.05, 0.1) is 18.1 Å². The highest BCUT2D eigenvalue weighted by Gasteiger charge is 2.20. The molecule has 0 aromatic heterocycles. The molecule has 0 unspecified atom stereocenters. The molecule has 0 saturated carbocycles. The average molecular weight is 373 g/mol. The van der Waals surface area contributed by atoms with Crippen LogP contribution < -0.4 is 20.1 Å². The fraction of sp³-hybridized carbons (Fsp3) is 0.222. The summed E-state index contributed by atoms with van der Waals surface area (Å²) in [6, 6.07) is 10.3. The molecule has 0 atom stereocenters. The number of rotatable bonds is 7. The molecule has 0 spiro atoms. The van der Waals surface area contributed by atoms with E-state index in [0.29, 0.717) is 30.4 Å². The molecule has 2 rings (SSSR count). The van der Waals surface area contributed by atoms with Gasteiger partial charge in [0.1, 0.15) is 5.69 Å². The number of nitrogens with zero attached hydrogens (tertiary/aromatic N) is 1. The minimum Gasteiger partial charge on any atom is -0.490 e. The van der Waals surface area contributed by atoms with E-state index < -0.39 is 16.7 Å². The Balaban J connectivity index is 2.11. The van der Waals surface area contributed by atoms with Crippen molar-refractivity contribution in [2.24, 2.45) is 0 Å². The van der Waals surface area contributed by atoms with Crippen molar-refractivity contribution in [2.75, 3.05) is 23.8 Å². The third-order valence-electron chi connectivity index (χ3n) is 3.36. The Bertz CT molecular complexity index is 853. The van der Waals surface area contributed by atoms with Gasteiger partial charge in [0, 0.05) is 17.8 Å². The summed E-state index contributed by atoms with van der Waals surface area (Å²) in [5, 5.41) is 15.6. The molecule has 0 aliphatic carbocycles. The second-order valence-corrected chi connectivity index (χ2v) is 5.21. The van der Waals surface area contributed by atoms with E-state index in [1.165, 1.54) is 30.3 Å². The van der Waals surface area contributed by atoms with Gasteiger partial charge in [-0.2, -0.15) is 0 Å².